The number of hydrogen-bond acceptors (Lipinski definition) is 6. The molecule has 0 amide bonds. The SMILES string of the molecule is C[C@]12CCC3c4ccc(OC5CCCCO5)cc4C(=O)[C@@H](CCCCCCCCCSCCCC(F)F)C3C1CC[C@@H]2OC1CCCCO1. The number of hydrogen-bond donors (Lipinski definition) is 0. The fraction of sp³-hybridized carbons (Fsp3) is 0.829. The second-order valence-corrected chi connectivity index (χ2v) is 17.1. The molecule has 2 heterocycles. The van der Waals surface area contributed by atoms with Crippen molar-refractivity contribution in [2.45, 2.75) is 166 Å². The van der Waals surface area contributed by atoms with Crippen molar-refractivity contribution < 1.29 is 32.5 Å². The molecule has 1 aromatic carbocycles. The van der Waals surface area contributed by atoms with Crippen molar-refractivity contribution in [3.05, 3.63) is 29.3 Å². The second kappa shape index (κ2) is 18.5. The molecule has 2 aliphatic heterocycles. The molecule has 3 aliphatic carbocycles. The molecule has 2 saturated heterocycles. The highest BCUT2D eigenvalue weighted by Gasteiger charge is 2.59. The van der Waals surface area contributed by atoms with E-state index in [0.29, 0.717) is 30.0 Å². The highest BCUT2D eigenvalue weighted by Crippen LogP contribution is 2.63. The van der Waals surface area contributed by atoms with Crippen molar-refractivity contribution in [1.29, 1.82) is 0 Å². The quantitative estimate of drug-likeness (QED) is 0.142. The number of ether oxygens (including phenoxy) is 4. The molecule has 49 heavy (non-hydrogen) atoms. The molecule has 6 rings (SSSR count). The van der Waals surface area contributed by atoms with Crippen LogP contribution in [0.5, 0.6) is 5.75 Å². The zero-order valence-corrected chi connectivity index (χ0v) is 30.8. The van der Waals surface area contributed by atoms with Gasteiger partial charge in [0, 0.05) is 30.9 Å². The number of halogens is 2. The van der Waals surface area contributed by atoms with Crippen molar-refractivity contribution >= 4 is 17.5 Å². The van der Waals surface area contributed by atoms with Gasteiger partial charge in [0.05, 0.1) is 12.7 Å². The maximum absolute atomic E-state index is 14.6. The molecule has 5 nitrogen and oxygen atoms in total. The van der Waals surface area contributed by atoms with Gasteiger partial charge in [0.25, 0.3) is 0 Å². The lowest BCUT2D eigenvalue weighted by atomic mass is 9.51. The minimum atomic E-state index is -2.16. The maximum Gasteiger partial charge on any atom is 0.238 e. The molecule has 2 saturated carbocycles. The predicted octanol–water partition coefficient (Wildman–Crippen LogP) is 11.1. The normalized spacial score (nSPS) is 32.9. The summed E-state index contributed by atoms with van der Waals surface area (Å²) in [5.74, 6) is 4.35. The lowest BCUT2D eigenvalue weighted by Crippen LogP contribution is -2.50. The maximum atomic E-state index is 14.6. The number of carbonyl (C=O) groups excluding carboxylic acids is 1. The number of fused-ring (bicyclic) bond motifs is 5. The van der Waals surface area contributed by atoms with Crippen LogP contribution in [0.3, 0.4) is 0 Å². The zero-order chi connectivity index (χ0) is 34.1. The van der Waals surface area contributed by atoms with E-state index in [4.69, 9.17) is 18.9 Å². The Kier molecular flexibility index (Phi) is 14.2. The number of ketones is 1. The molecular formula is C41H62F2O5S. The van der Waals surface area contributed by atoms with Gasteiger partial charge in [-0.3, -0.25) is 4.79 Å². The first-order valence-corrected chi connectivity index (χ1v) is 21.2. The van der Waals surface area contributed by atoms with Crippen LogP contribution >= 0.6 is 11.8 Å². The number of carbonyl (C=O) groups is 1. The summed E-state index contributed by atoms with van der Waals surface area (Å²) in [5, 5.41) is 0. The van der Waals surface area contributed by atoms with E-state index >= 15 is 0 Å². The molecule has 0 spiro atoms. The second-order valence-electron chi connectivity index (χ2n) is 15.9. The zero-order valence-electron chi connectivity index (χ0n) is 30.0. The van der Waals surface area contributed by atoms with Crippen LogP contribution in [-0.4, -0.2) is 55.6 Å². The van der Waals surface area contributed by atoms with Gasteiger partial charge < -0.3 is 18.9 Å². The summed E-state index contributed by atoms with van der Waals surface area (Å²) in [6.45, 7) is 4.01. The average molecular weight is 705 g/mol. The molecule has 0 aromatic heterocycles. The van der Waals surface area contributed by atoms with Crippen LogP contribution in [0.15, 0.2) is 18.2 Å². The number of benzene rings is 1. The van der Waals surface area contributed by atoms with Gasteiger partial charge in [0.2, 0.25) is 6.43 Å². The van der Waals surface area contributed by atoms with Crippen LogP contribution in [0.25, 0.3) is 0 Å². The largest absolute Gasteiger partial charge is 0.465 e. The molecule has 5 aliphatic rings. The molecular weight excluding hydrogens is 643 g/mol. The highest BCUT2D eigenvalue weighted by atomic mass is 32.2. The minimum Gasteiger partial charge on any atom is -0.465 e. The summed E-state index contributed by atoms with van der Waals surface area (Å²) in [5.41, 5.74) is 2.23. The van der Waals surface area contributed by atoms with Crippen LogP contribution in [0.1, 0.15) is 157 Å². The molecule has 0 N–H and O–H groups in total. The Labute approximate surface area is 298 Å². The van der Waals surface area contributed by atoms with Crippen molar-refractivity contribution in [3.63, 3.8) is 0 Å². The first-order chi connectivity index (χ1) is 23.9. The van der Waals surface area contributed by atoms with Gasteiger partial charge in [-0.25, -0.2) is 8.78 Å². The fourth-order valence-corrected chi connectivity index (χ4v) is 11.0. The smallest absolute Gasteiger partial charge is 0.238 e. The fourth-order valence-electron chi connectivity index (χ4n) is 9.99. The molecule has 1 aromatic rings. The van der Waals surface area contributed by atoms with E-state index in [9.17, 15) is 13.6 Å². The van der Waals surface area contributed by atoms with Gasteiger partial charge in [0.15, 0.2) is 18.4 Å². The Balaban J connectivity index is 1.07. The Hall–Kier alpha value is -1.22. The molecule has 5 unspecified atom stereocenters. The van der Waals surface area contributed by atoms with E-state index in [1.807, 2.05) is 17.8 Å². The van der Waals surface area contributed by atoms with Crippen molar-refractivity contribution in [3.8, 4) is 5.75 Å². The minimum absolute atomic E-state index is 0.0312. The monoisotopic (exact) mass is 704 g/mol. The molecule has 4 fully saturated rings. The molecule has 0 radical (unpaired) electrons. The Bertz CT molecular complexity index is 1170. The first-order valence-electron chi connectivity index (χ1n) is 20.0. The lowest BCUT2D eigenvalue weighted by Gasteiger charge is -2.53. The highest BCUT2D eigenvalue weighted by molar-refractivity contribution is 7.99. The van der Waals surface area contributed by atoms with Crippen molar-refractivity contribution in [1.82, 2.24) is 0 Å². The number of rotatable bonds is 18. The van der Waals surface area contributed by atoms with Gasteiger partial charge in [-0.2, -0.15) is 11.8 Å². The standard InChI is InChI=1S/C41H62F2O5S/c1-41-23-22-31-30-19-18-29(47-37-16-8-10-24-45-37)28-33(30)40(44)32(14-7-5-3-2-4-6-12-26-49-27-13-15-36(42)43)39(31)34(41)20-21-35(41)48-38-17-9-11-25-46-38/h18-19,28,31-32,34-39H,2-17,20-27H2,1H3/t31?,32-,34?,35-,37?,38?,39?,41-/m0/s1. The number of Topliss-reactive ketones (excluding diaryl/α,β-unsaturated/α-hetero) is 1. The van der Waals surface area contributed by atoms with Crippen molar-refractivity contribution in [2.24, 2.45) is 23.2 Å². The Morgan fingerprint density at radius 1 is 0.857 bits per heavy atom. The van der Waals surface area contributed by atoms with Crippen LogP contribution in [-0.2, 0) is 14.2 Å². The van der Waals surface area contributed by atoms with Gasteiger partial charge in [-0.15, -0.1) is 0 Å². The number of thioether (sulfide) groups is 1. The van der Waals surface area contributed by atoms with Crippen LogP contribution in [0, 0.1) is 23.2 Å². The van der Waals surface area contributed by atoms with Crippen molar-refractivity contribution in [2.75, 3.05) is 24.7 Å². The van der Waals surface area contributed by atoms with Crippen LogP contribution < -0.4 is 4.74 Å². The third-order valence-electron chi connectivity index (χ3n) is 12.6. The Morgan fingerprint density at radius 2 is 1.57 bits per heavy atom. The summed E-state index contributed by atoms with van der Waals surface area (Å²) < 4.78 is 49.5. The van der Waals surface area contributed by atoms with E-state index in [1.54, 1.807) is 0 Å². The van der Waals surface area contributed by atoms with E-state index in [0.717, 1.165) is 107 Å². The average Bonchev–Trinajstić information content (AvgIpc) is 3.44. The molecule has 8 atom stereocenters. The summed E-state index contributed by atoms with van der Waals surface area (Å²) >= 11 is 1.82. The third kappa shape index (κ3) is 9.61. The van der Waals surface area contributed by atoms with E-state index in [-0.39, 0.29) is 36.4 Å². The summed E-state index contributed by atoms with van der Waals surface area (Å²) in [6, 6.07) is 6.34. The summed E-state index contributed by atoms with van der Waals surface area (Å²) in [6.07, 6.45) is 18.6. The number of unbranched alkanes of at least 4 members (excludes halogenated alkanes) is 6. The van der Waals surface area contributed by atoms with Gasteiger partial charge >= 0.3 is 0 Å². The third-order valence-corrected chi connectivity index (χ3v) is 13.8. The first kappa shape index (κ1) is 37.5. The predicted molar refractivity (Wildman–Crippen MR) is 193 cm³/mol. The van der Waals surface area contributed by atoms with E-state index in [2.05, 4.69) is 19.1 Å². The lowest BCUT2D eigenvalue weighted by molar-refractivity contribution is -0.213. The van der Waals surface area contributed by atoms with Gasteiger partial charge in [-0.05, 0) is 129 Å². The van der Waals surface area contributed by atoms with Gasteiger partial charge in [0.1, 0.15) is 5.75 Å². The van der Waals surface area contributed by atoms with Crippen LogP contribution in [0.4, 0.5) is 8.78 Å². The summed E-state index contributed by atoms with van der Waals surface area (Å²) in [4.78, 5) is 14.6. The Morgan fingerprint density at radius 3 is 2.31 bits per heavy atom. The van der Waals surface area contributed by atoms with Gasteiger partial charge in [-0.1, -0.05) is 51.5 Å². The topological polar surface area (TPSA) is 54.0 Å². The number of alkyl halides is 2. The molecule has 8 heteroatoms. The van der Waals surface area contributed by atoms with Crippen LogP contribution in [0.2, 0.25) is 0 Å². The molecule has 276 valence electrons. The van der Waals surface area contributed by atoms with E-state index in [1.165, 1.54) is 50.5 Å². The summed E-state index contributed by atoms with van der Waals surface area (Å²) in [7, 11) is 0. The van der Waals surface area contributed by atoms with E-state index < -0.39 is 6.43 Å². The molecule has 0 bridgehead atoms.